The van der Waals surface area contributed by atoms with Crippen molar-refractivity contribution in [1.82, 2.24) is 20.9 Å². The zero-order valence-corrected chi connectivity index (χ0v) is 24.5. The van der Waals surface area contributed by atoms with Gasteiger partial charge in [-0.2, -0.15) is 0 Å². The normalized spacial score (nSPS) is 24.0. The minimum Gasteiger partial charge on any atom is -0.310 e. The van der Waals surface area contributed by atoms with Gasteiger partial charge in [-0.1, -0.05) is 121 Å². The van der Waals surface area contributed by atoms with Crippen LogP contribution < -0.4 is 16.0 Å². The maximum atomic E-state index is 3.95. The molecule has 1 aliphatic heterocycles. The Balaban J connectivity index is 1.38. The molecule has 4 unspecified atom stereocenters. The number of nitrogens with zero attached hydrogens (tertiary/aromatic N) is 1. The molecule has 4 atom stereocenters. The minimum atomic E-state index is 0.314. The summed E-state index contributed by atoms with van der Waals surface area (Å²) in [7, 11) is 2.30. The lowest BCUT2D eigenvalue weighted by atomic mass is 9.98. The van der Waals surface area contributed by atoms with Crippen LogP contribution in [0.1, 0.15) is 72.1 Å². The Morgan fingerprint density at radius 3 is 1.20 bits per heavy atom. The quantitative estimate of drug-likeness (QED) is 0.253. The molecule has 4 nitrogen and oxygen atoms in total. The molecule has 4 heteroatoms. The van der Waals surface area contributed by atoms with Gasteiger partial charge >= 0.3 is 0 Å². The summed E-state index contributed by atoms with van der Waals surface area (Å²) in [4.78, 5) is 2.56. The molecule has 0 bridgehead atoms. The second kappa shape index (κ2) is 15.6. The molecule has 214 valence electrons. The van der Waals surface area contributed by atoms with E-state index in [1.807, 2.05) is 0 Å². The van der Waals surface area contributed by atoms with Crippen molar-refractivity contribution in [2.75, 3.05) is 33.2 Å². The Kier molecular flexibility index (Phi) is 11.2. The van der Waals surface area contributed by atoms with E-state index in [2.05, 4.69) is 149 Å². The van der Waals surface area contributed by atoms with Crippen LogP contribution in [0.2, 0.25) is 0 Å². The van der Waals surface area contributed by atoms with Crippen LogP contribution in [0.15, 0.2) is 121 Å². The highest BCUT2D eigenvalue weighted by Gasteiger charge is 2.21. The van der Waals surface area contributed by atoms with Crippen molar-refractivity contribution in [2.24, 2.45) is 0 Å². The molecule has 0 radical (unpaired) electrons. The third-order valence-electron chi connectivity index (χ3n) is 8.55. The van der Waals surface area contributed by atoms with Crippen LogP contribution in [0.3, 0.4) is 0 Å². The molecular formula is C37H46N4. The van der Waals surface area contributed by atoms with Crippen LogP contribution in [-0.4, -0.2) is 38.1 Å². The molecule has 0 amide bonds. The average molecular weight is 547 g/mol. The zero-order chi connectivity index (χ0) is 28.1. The molecule has 0 aliphatic carbocycles. The largest absolute Gasteiger partial charge is 0.310 e. The molecule has 1 saturated heterocycles. The lowest BCUT2D eigenvalue weighted by Gasteiger charge is -2.32. The van der Waals surface area contributed by atoms with Gasteiger partial charge < -0.3 is 16.0 Å². The summed E-state index contributed by atoms with van der Waals surface area (Å²) in [5.74, 6) is 0. The van der Waals surface area contributed by atoms with E-state index in [-0.39, 0.29) is 0 Å². The van der Waals surface area contributed by atoms with Crippen molar-refractivity contribution in [3.05, 3.63) is 144 Å². The molecule has 3 N–H and O–H groups in total. The van der Waals surface area contributed by atoms with Gasteiger partial charge in [0, 0.05) is 30.7 Å². The average Bonchev–Trinajstić information content (AvgIpc) is 3.04. The first-order chi connectivity index (χ1) is 20.3. The van der Waals surface area contributed by atoms with Crippen molar-refractivity contribution >= 4 is 0 Å². The Labute approximate surface area is 247 Å². The summed E-state index contributed by atoms with van der Waals surface area (Å²) < 4.78 is 0. The van der Waals surface area contributed by atoms with Crippen LogP contribution >= 0.6 is 0 Å². The zero-order valence-electron chi connectivity index (χ0n) is 24.5. The summed E-state index contributed by atoms with van der Waals surface area (Å²) in [5, 5.41) is 11.8. The monoisotopic (exact) mass is 546 g/mol. The highest BCUT2D eigenvalue weighted by molar-refractivity contribution is 5.23. The molecule has 4 aromatic carbocycles. The Morgan fingerprint density at radius 2 is 0.780 bits per heavy atom. The van der Waals surface area contributed by atoms with Gasteiger partial charge in [0.15, 0.2) is 0 Å². The fourth-order valence-electron chi connectivity index (χ4n) is 6.22. The van der Waals surface area contributed by atoms with E-state index in [1.54, 1.807) is 0 Å². The Hall–Kier alpha value is -3.28. The Bertz CT molecular complexity index is 1250. The third kappa shape index (κ3) is 8.61. The lowest BCUT2D eigenvalue weighted by molar-refractivity contribution is 0.215. The van der Waals surface area contributed by atoms with E-state index in [1.165, 1.54) is 22.3 Å². The molecule has 1 heterocycles. The van der Waals surface area contributed by atoms with E-state index in [4.69, 9.17) is 0 Å². The van der Waals surface area contributed by atoms with Gasteiger partial charge in [0.1, 0.15) is 0 Å². The van der Waals surface area contributed by atoms with Crippen LogP contribution in [0.25, 0.3) is 0 Å². The maximum absolute atomic E-state index is 3.95. The number of hydrogen-bond donors (Lipinski definition) is 3. The molecule has 41 heavy (non-hydrogen) atoms. The van der Waals surface area contributed by atoms with Gasteiger partial charge in [-0.05, 0) is 74.6 Å². The lowest BCUT2D eigenvalue weighted by Crippen LogP contribution is -2.35. The summed E-state index contributed by atoms with van der Waals surface area (Å²) in [6, 6.07) is 45.2. The third-order valence-corrected chi connectivity index (χ3v) is 8.55. The predicted octanol–water partition coefficient (Wildman–Crippen LogP) is 7.23. The van der Waals surface area contributed by atoms with Gasteiger partial charge in [0.25, 0.3) is 0 Å². The first kappa shape index (κ1) is 29.2. The van der Waals surface area contributed by atoms with Gasteiger partial charge in [-0.3, -0.25) is 4.90 Å². The van der Waals surface area contributed by atoms with Crippen molar-refractivity contribution in [2.45, 2.75) is 49.9 Å². The fraction of sp³-hybridized carbons (Fsp3) is 0.351. The number of nitrogens with one attached hydrogen (secondary N) is 3. The van der Waals surface area contributed by atoms with E-state index >= 15 is 0 Å². The van der Waals surface area contributed by atoms with Crippen LogP contribution in [0.5, 0.6) is 0 Å². The first-order valence-corrected chi connectivity index (χ1v) is 15.4. The SMILES string of the molecule is CN1CCC(c2ccccc2)NCCC(c2ccccc2)NCCC(c2ccccc2)NCCC1c1ccccc1. The molecule has 1 aliphatic rings. The predicted molar refractivity (Wildman–Crippen MR) is 172 cm³/mol. The summed E-state index contributed by atoms with van der Waals surface area (Å²) in [6.45, 7) is 3.90. The maximum Gasteiger partial charge on any atom is 0.0357 e. The van der Waals surface area contributed by atoms with E-state index in [9.17, 15) is 0 Å². The van der Waals surface area contributed by atoms with Crippen LogP contribution in [0, 0.1) is 0 Å². The summed E-state index contributed by atoms with van der Waals surface area (Å²) in [6.07, 6.45) is 4.21. The fourth-order valence-corrected chi connectivity index (χ4v) is 6.22. The standard InChI is InChI=1S/C37H46N4/c1-41-29-25-36(32-18-10-4-11-19-32)39-27-23-34(30-14-6-2-7-15-30)38-26-22-35(31-16-8-3-9-17-31)40-28-24-37(41)33-20-12-5-13-21-33/h2-21,34-40H,22-29H2,1H3. The molecule has 4 aromatic rings. The number of hydrogen-bond acceptors (Lipinski definition) is 4. The molecule has 5 rings (SSSR count). The second-order valence-electron chi connectivity index (χ2n) is 11.3. The van der Waals surface area contributed by atoms with Gasteiger partial charge in [0.05, 0.1) is 0 Å². The van der Waals surface area contributed by atoms with Crippen molar-refractivity contribution in [3.8, 4) is 0 Å². The smallest absolute Gasteiger partial charge is 0.0357 e. The number of rotatable bonds is 4. The molecule has 0 aromatic heterocycles. The van der Waals surface area contributed by atoms with Crippen LogP contribution in [0.4, 0.5) is 0 Å². The van der Waals surface area contributed by atoms with E-state index in [0.29, 0.717) is 24.2 Å². The number of benzene rings is 4. The van der Waals surface area contributed by atoms with E-state index in [0.717, 1.165) is 51.9 Å². The van der Waals surface area contributed by atoms with Gasteiger partial charge in [-0.15, -0.1) is 0 Å². The molecule has 0 saturated carbocycles. The molecule has 0 spiro atoms. The highest BCUT2D eigenvalue weighted by atomic mass is 15.1. The second-order valence-corrected chi connectivity index (χ2v) is 11.3. The highest BCUT2D eigenvalue weighted by Crippen LogP contribution is 2.27. The molecule has 1 fully saturated rings. The topological polar surface area (TPSA) is 39.3 Å². The van der Waals surface area contributed by atoms with E-state index < -0.39 is 0 Å². The van der Waals surface area contributed by atoms with Gasteiger partial charge in [-0.25, -0.2) is 0 Å². The Morgan fingerprint density at radius 1 is 0.439 bits per heavy atom. The van der Waals surface area contributed by atoms with Gasteiger partial charge in [0.2, 0.25) is 0 Å². The minimum absolute atomic E-state index is 0.314. The summed E-state index contributed by atoms with van der Waals surface area (Å²) >= 11 is 0. The van der Waals surface area contributed by atoms with Crippen molar-refractivity contribution in [1.29, 1.82) is 0 Å². The van der Waals surface area contributed by atoms with Crippen molar-refractivity contribution < 1.29 is 0 Å². The van der Waals surface area contributed by atoms with Crippen LogP contribution in [-0.2, 0) is 0 Å². The van der Waals surface area contributed by atoms with Crippen molar-refractivity contribution in [3.63, 3.8) is 0 Å². The summed E-state index contributed by atoms with van der Waals surface area (Å²) in [5.41, 5.74) is 5.49. The molecular weight excluding hydrogens is 500 g/mol. The first-order valence-electron chi connectivity index (χ1n) is 15.4.